The van der Waals surface area contributed by atoms with Gasteiger partial charge in [-0.3, -0.25) is 0 Å². The molecule has 0 bridgehead atoms. The number of hydrogen-bond donors (Lipinski definition) is 1. The van der Waals surface area contributed by atoms with Crippen LogP contribution in [0, 0.1) is 11.8 Å². The minimum absolute atomic E-state index is 0.344. The van der Waals surface area contributed by atoms with Crippen LogP contribution in [-0.4, -0.2) is 18.1 Å². The van der Waals surface area contributed by atoms with Crippen molar-refractivity contribution in [1.82, 2.24) is 4.98 Å². The van der Waals surface area contributed by atoms with Gasteiger partial charge in [-0.15, -0.1) is 0 Å². The molecule has 94 valence electrons. The smallest absolute Gasteiger partial charge is 0.149 e. The van der Waals surface area contributed by atoms with Crippen LogP contribution in [0.5, 0.6) is 0 Å². The molecule has 0 saturated carbocycles. The van der Waals surface area contributed by atoms with Gasteiger partial charge in [0.2, 0.25) is 0 Å². The molecular formula is C12H17Cl2N3. The van der Waals surface area contributed by atoms with E-state index in [1.807, 2.05) is 0 Å². The summed E-state index contributed by atoms with van der Waals surface area (Å²) in [4.78, 5) is 6.51. The van der Waals surface area contributed by atoms with Crippen molar-refractivity contribution in [2.75, 3.05) is 23.7 Å². The molecule has 1 fully saturated rings. The Kier molecular flexibility index (Phi) is 3.69. The average Bonchev–Trinajstić information content (AvgIpc) is 2.22. The van der Waals surface area contributed by atoms with E-state index in [1.165, 1.54) is 6.42 Å². The lowest BCUT2D eigenvalue weighted by Crippen LogP contribution is -2.39. The molecule has 0 amide bonds. The standard InChI is InChI=1S/C12H17Cl2N3/c1-7-3-8(2)6-17(5-7)12-10(14)4-9(13)11(15)16-12/h4,7-8H,3,5-6H2,1-2H3,(H2,15,16). The molecule has 2 heterocycles. The Balaban J connectivity index is 2.30. The maximum atomic E-state index is 6.19. The molecular weight excluding hydrogens is 257 g/mol. The Morgan fingerprint density at radius 1 is 1.24 bits per heavy atom. The highest BCUT2D eigenvalue weighted by Crippen LogP contribution is 2.33. The van der Waals surface area contributed by atoms with Crippen molar-refractivity contribution in [2.45, 2.75) is 20.3 Å². The summed E-state index contributed by atoms with van der Waals surface area (Å²) >= 11 is 12.1. The van der Waals surface area contributed by atoms with Gasteiger partial charge in [-0.1, -0.05) is 37.0 Å². The van der Waals surface area contributed by atoms with Crippen molar-refractivity contribution in [3.63, 3.8) is 0 Å². The third-order valence-electron chi connectivity index (χ3n) is 3.11. The van der Waals surface area contributed by atoms with E-state index in [0.717, 1.165) is 18.9 Å². The molecule has 0 spiro atoms. The molecule has 0 aliphatic carbocycles. The number of nitrogens with two attached hydrogens (primary N) is 1. The number of piperidine rings is 1. The molecule has 0 aromatic carbocycles. The lowest BCUT2D eigenvalue weighted by atomic mass is 9.92. The van der Waals surface area contributed by atoms with E-state index in [2.05, 4.69) is 23.7 Å². The fourth-order valence-electron chi connectivity index (χ4n) is 2.53. The molecule has 1 aromatic heterocycles. The fraction of sp³-hybridized carbons (Fsp3) is 0.583. The molecule has 1 aliphatic rings. The van der Waals surface area contributed by atoms with Crippen molar-refractivity contribution in [1.29, 1.82) is 0 Å². The summed E-state index contributed by atoms with van der Waals surface area (Å²) in [5.41, 5.74) is 5.74. The van der Waals surface area contributed by atoms with Crippen molar-refractivity contribution in [2.24, 2.45) is 11.8 Å². The van der Waals surface area contributed by atoms with Gasteiger partial charge in [-0.05, 0) is 24.3 Å². The molecule has 17 heavy (non-hydrogen) atoms. The van der Waals surface area contributed by atoms with Crippen molar-refractivity contribution >= 4 is 34.8 Å². The van der Waals surface area contributed by atoms with E-state index < -0.39 is 0 Å². The number of pyridine rings is 1. The summed E-state index contributed by atoms with van der Waals surface area (Å²) in [5.74, 6) is 2.39. The highest BCUT2D eigenvalue weighted by molar-refractivity contribution is 6.37. The maximum absolute atomic E-state index is 6.19. The van der Waals surface area contributed by atoms with Crippen LogP contribution in [0.25, 0.3) is 0 Å². The SMILES string of the molecule is CC1CC(C)CN(c2nc(N)c(Cl)cc2Cl)C1. The zero-order chi connectivity index (χ0) is 12.6. The second kappa shape index (κ2) is 4.91. The highest BCUT2D eigenvalue weighted by atomic mass is 35.5. The Labute approximate surface area is 112 Å². The zero-order valence-corrected chi connectivity index (χ0v) is 11.6. The van der Waals surface area contributed by atoms with Crippen LogP contribution < -0.4 is 10.6 Å². The van der Waals surface area contributed by atoms with Gasteiger partial charge in [0, 0.05) is 13.1 Å². The minimum Gasteiger partial charge on any atom is -0.382 e. The second-order valence-electron chi connectivity index (χ2n) is 5.01. The summed E-state index contributed by atoms with van der Waals surface area (Å²) < 4.78 is 0. The quantitative estimate of drug-likeness (QED) is 0.852. The minimum atomic E-state index is 0.344. The van der Waals surface area contributed by atoms with Gasteiger partial charge in [-0.25, -0.2) is 4.98 Å². The normalized spacial score (nSPS) is 25.1. The Morgan fingerprint density at radius 2 is 1.82 bits per heavy atom. The van der Waals surface area contributed by atoms with Crippen LogP contribution in [0.1, 0.15) is 20.3 Å². The van der Waals surface area contributed by atoms with Gasteiger partial charge >= 0.3 is 0 Å². The van der Waals surface area contributed by atoms with Crippen LogP contribution in [0.2, 0.25) is 10.0 Å². The van der Waals surface area contributed by atoms with Gasteiger partial charge < -0.3 is 10.6 Å². The maximum Gasteiger partial charge on any atom is 0.149 e. The first-order valence-corrected chi connectivity index (χ1v) is 6.59. The third-order valence-corrected chi connectivity index (χ3v) is 3.69. The van der Waals surface area contributed by atoms with E-state index in [1.54, 1.807) is 6.07 Å². The molecule has 1 aliphatic heterocycles. The summed E-state index contributed by atoms with van der Waals surface area (Å²) in [6, 6.07) is 1.67. The van der Waals surface area contributed by atoms with Crippen molar-refractivity contribution in [3.8, 4) is 0 Å². The molecule has 2 atom stereocenters. The average molecular weight is 274 g/mol. The summed E-state index contributed by atoms with van der Waals surface area (Å²) in [7, 11) is 0. The number of nitrogens with zero attached hydrogens (tertiary/aromatic N) is 2. The van der Waals surface area contributed by atoms with Gasteiger partial charge in [0.1, 0.15) is 11.6 Å². The highest BCUT2D eigenvalue weighted by Gasteiger charge is 2.24. The zero-order valence-electron chi connectivity index (χ0n) is 10.1. The van der Waals surface area contributed by atoms with Crippen LogP contribution in [0.3, 0.4) is 0 Å². The second-order valence-corrected chi connectivity index (χ2v) is 5.83. The summed E-state index contributed by atoms with van der Waals surface area (Å²) in [5, 5.41) is 0.988. The fourth-order valence-corrected chi connectivity index (χ4v) is 3.01. The predicted molar refractivity (Wildman–Crippen MR) is 73.8 cm³/mol. The van der Waals surface area contributed by atoms with E-state index in [-0.39, 0.29) is 0 Å². The van der Waals surface area contributed by atoms with E-state index in [0.29, 0.717) is 27.7 Å². The number of rotatable bonds is 1. The summed E-state index contributed by atoms with van der Waals surface area (Å²) in [6.45, 7) is 6.43. The van der Waals surface area contributed by atoms with Gasteiger partial charge in [0.05, 0.1) is 10.0 Å². The largest absolute Gasteiger partial charge is 0.382 e. The number of hydrogen-bond acceptors (Lipinski definition) is 3. The summed E-state index contributed by atoms with van der Waals surface area (Å²) in [6.07, 6.45) is 1.25. The number of anilines is 2. The van der Waals surface area contributed by atoms with Crippen molar-refractivity contribution < 1.29 is 0 Å². The molecule has 3 nitrogen and oxygen atoms in total. The van der Waals surface area contributed by atoms with Gasteiger partial charge in [0.15, 0.2) is 0 Å². The number of aromatic nitrogens is 1. The molecule has 5 heteroatoms. The van der Waals surface area contributed by atoms with Crippen LogP contribution in [0.4, 0.5) is 11.6 Å². The van der Waals surface area contributed by atoms with E-state index in [4.69, 9.17) is 28.9 Å². The first-order chi connectivity index (χ1) is 7.97. The van der Waals surface area contributed by atoms with E-state index >= 15 is 0 Å². The Hall–Kier alpha value is -0.670. The lowest BCUT2D eigenvalue weighted by molar-refractivity contribution is 0.355. The first kappa shape index (κ1) is 12.8. The third kappa shape index (κ3) is 2.78. The molecule has 2 rings (SSSR count). The molecule has 1 aromatic rings. The molecule has 1 saturated heterocycles. The van der Waals surface area contributed by atoms with Gasteiger partial charge in [-0.2, -0.15) is 0 Å². The molecule has 0 radical (unpaired) electrons. The number of halogens is 2. The lowest BCUT2D eigenvalue weighted by Gasteiger charge is -2.36. The van der Waals surface area contributed by atoms with E-state index in [9.17, 15) is 0 Å². The van der Waals surface area contributed by atoms with Crippen LogP contribution >= 0.6 is 23.2 Å². The van der Waals surface area contributed by atoms with Crippen molar-refractivity contribution in [3.05, 3.63) is 16.1 Å². The van der Waals surface area contributed by atoms with Gasteiger partial charge in [0.25, 0.3) is 0 Å². The monoisotopic (exact) mass is 273 g/mol. The topological polar surface area (TPSA) is 42.2 Å². The van der Waals surface area contributed by atoms with Crippen LogP contribution in [-0.2, 0) is 0 Å². The first-order valence-electron chi connectivity index (χ1n) is 5.83. The Morgan fingerprint density at radius 3 is 2.41 bits per heavy atom. The Bertz CT molecular complexity index is 412. The number of nitrogen functional groups attached to an aromatic ring is 1. The molecule has 2 unspecified atom stereocenters. The molecule has 2 N–H and O–H groups in total. The van der Waals surface area contributed by atoms with Crippen LogP contribution in [0.15, 0.2) is 6.07 Å². The predicted octanol–water partition coefficient (Wildman–Crippen LogP) is 3.45.